The van der Waals surface area contributed by atoms with E-state index in [1.54, 1.807) is 6.92 Å². The second-order valence-corrected chi connectivity index (χ2v) is 6.49. The molecular weight excluding hydrogens is 405 g/mol. The fourth-order valence-corrected chi connectivity index (χ4v) is 2.58. The van der Waals surface area contributed by atoms with Gasteiger partial charge in [-0.1, -0.05) is 0 Å². The second kappa shape index (κ2) is 7.48. The number of hydrogen-bond acceptors (Lipinski definition) is 9. The number of hydrogen-bond donors (Lipinski definition) is 2. The number of aromatic nitrogens is 4. The zero-order valence-corrected chi connectivity index (χ0v) is 15.4. The zero-order chi connectivity index (χ0) is 21.4. The topological polar surface area (TPSA) is 115 Å². The van der Waals surface area contributed by atoms with Crippen molar-refractivity contribution in [2.45, 2.75) is 45.0 Å². The van der Waals surface area contributed by atoms with E-state index in [0.717, 1.165) is 6.92 Å². The summed E-state index contributed by atoms with van der Waals surface area (Å²) < 4.78 is 75.7. The number of aryl methyl sites for hydroxylation is 1. The van der Waals surface area contributed by atoms with Gasteiger partial charge in [-0.25, -0.2) is 8.78 Å². The summed E-state index contributed by atoms with van der Waals surface area (Å²) in [5, 5.41) is 10.1. The Balaban J connectivity index is 1.90. The average Bonchev–Trinajstić information content (AvgIpc) is 3.19. The lowest BCUT2D eigenvalue weighted by Gasteiger charge is -2.22. The summed E-state index contributed by atoms with van der Waals surface area (Å²) in [4.78, 5) is 8.85. The molecular formula is C15H18F5N7O2. The van der Waals surface area contributed by atoms with Crippen molar-refractivity contribution in [2.75, 3.05) is 29.0 Å². The molecule has 3 N–H and O–H groups in total. The van der Waals surface area contributed by atoms with Crippen molar-refractivity contribution in [3.8, 4) is 6.01 Å². The zero-order valence-electron chi connectivity index (χ0n) is 15.4. The maximum atomic E-state index is 13.6. The molecule has 0 aliphatic carbocycles. The van der Waals surface area contributed by atoms with Crippen LogP contribution in [0.1, 0.15) is 25.1 Å². The molecule has 0 unspecified atom stereocenters. The molecule has 0 radical (unpaired) electrons. The molecule has 1 aliphatic heterocycles. The Morgan fingerprint density at radius 1 is 1.31 bits per heavy atom. The van der Waals surface area contributed by atoms with Gasteiger partial charge in [-0.2, -0.15) is 23.1 Å². The van der Waals surface area contributed by atoms with Crippen LogP contribution in [-0.2, 0) is 6.54 Å². The predicted octanol–water partition coefficient (Wildman–Crippen LogP) is 2.54. The van der Waals surface area contributed by atoms with Crippen LogP contribution in [0.2, 0.25) is 0 Å². The number of nitrogens with one attached hydrogen (secondary N) is 1. The van der Waals surface area contributed by atoms with Crippen molar-refractivity contribution >= 4 is 17.3 Å². The highest BCUT2D eigenvalue weighted by atomic mass is 19.4. The molecule has 2 aromatic rings. The highest BCUT2D eigenvalue weighted by molar-refractivity contribution is 5.76. The maximum Gasteiger partial charge on any atom is 0.425 e. The molecule has 0 bridgehead atoms. The smallest absolute Gasteiger partial charge is 0.425 e. The van der Waals surface area contributed by atoms with Crippen LogP contribution < -0.4 is 20.7 Å². The molecule has 3 rings (SSSR count). The van der Waals surface area contributed by atoms with Gasteiger partial charge in [0.2, 0.25) is 11.8 Å². The minimum absolute atomic E-state index is 0.0497. The Hall–Kier alpha value is -2.93. The van der Waals surface area contributed by atoms with E-state index in [1.807, 2.05) is 0 Å². The van der Waals surface area contributed by atoms with Crippen LogP contribution >= 0.6 is 0 Å². The van der Waals surface area contributed by atoms with Gasteiger partial charge in [0, 0.05) is 19.9 Å². The highest BCUT2D eigenvalue weighted by Gasteiger charge is 2.41. The Labute approximate surface area is 161 Å². The van der Waals surface area contributed by atoms with Crippen molar-refractivity contribution in [3.63, 3.8) is 0 Å². The lowest BCUT2D eigenvalue weighted by molar-refractivity contribution is -0.190. The molecule has 1 saturated heterocycles. The van der Waals surface area contributed by atoms with Gasteiger partial charge >= 0.3 is 12.2 Å². The Bertz CT molecular complexity index is 873. The monoisotopic (exact) mass is 423 g/mol. The summed E-state index contributed by atoms with van der Waals surface area (Å²) in [7, 11) is 0. The van der Waals surface area contributed by atoms with Crippen LogP contribution in [0.15, 0.2) is 4.42 Å². The van der Waals surface area contributed by atoms with Gasteiger partial charge in [0.15, 0.2) is 17.7 Å². The van der Waals surface area contributed by atoms with Gasteiger partial charge in [-0.05, 0) is 6.92 Å². The summed E-state index contributed by atoms with van der Waals surface area (Å²) in [5.74, 6) is -2.75. The van der Waals surface area contributed by atoms with Crippen molar-refractivity contribution in [1.29, 1.82) is 0 Å². The molecule has 0 amide bonds. The van der Waals surface area contributed by atoms with E-state index in [-0.39, 0.29) is 36.3 Å². The molecule has 29 heavy (non-hydrogen) atoms. The van der Waals surface area contributed by atoms with E-state index in [2.05, 4.69) is 25.5 Å². The Morgan fingerprint density at radius 3 is 2.59 bits per heavy atom. The number of ether oxygens (including phenoxy) is 1. The summed E-state index contributed by atoms with van der Waals surface area (Å²) in [5.41, 5.74) is 5.87. The quantitative estimate of drug-likeness (QED) is 0.676. The predicted molar refractivity (Wildman–Crippen MR) is 90.7 cm³/mol. The Morgan fingerprint density at radius 2 is 2.03 bits per heavy atom. The van der Waals surface area contributed by atoms with Gasteiger partial charge in [-0.15, -0.1) is 10.2 Å². The van der Waals surface area contributed by atoms with Crippen LogP contribution in [0.5, 0.6) is 6.01 Å². The van der Waals surface area contributed by atoms with E-state index in [9.17, 15) is 22.0 Å². The van der Waals surface area contributed by atoms with Gasteiger partial charge in [0.05, 0.1) is 13.1 Å². The number of halogens is 5. The molecule has 0 aromatic carbocycles. The van der Waals surface area contributed by atoms with Crippen LogP contribution in [0.3, 0.4) is 0 Å². The minimum Gasteiger partial charge on any atom is -0.451 e. The lowest BCUT2D eigenvalue weighted by Crippen LogP contribution is -2.32. The van der Waals surface area contributed by atoms with Gasteiger partial charge < -0.3 is 25.1 Å². The van der Waals surface area contributed by atoms with E-state index in [4.69, 9.17) is 14.9 Å². The minimum atomic E-state index is -4.67. The number of anilines is 3. The van der Waals surface area contributed by atoms with Crippen molar-refractivity contribution < 1.29 is 31.1 Å². The highest BCUT2D eigenvalue weighted by Crippen LogP contribution is 2.36. The van der Waals surface area contributed by atoms with Crippen LogP contribution in [-0.4, -0.2) is 51.5 Å². The molecule has 14 heteroatoms. The molecule has 1 atom stereocenters. The van der Waals surface area contributed by atoms with Crippen molar-refractivity contribution in [2.24, 2.45) is 0 Å². The summed E-state index contributed by atoms with van der Waals surface area (Å²) in [6.45, 7) is 1.55. The van der Waals surface area contributed by atoms with Gasteiger partial charge in [0.1, 0.15) is 5.69 Å². The molecule has 160 valence electrons. The Kier molecular flexibility index (Phi) is 5.36. The summed E-state index contributed by atoms with van der Waals surface area (Å²) in [6, 6.07) is -0.654. The SMILES string of the molecule is Cc1nnc(CNc2nc(O[C@@H](C)C(F)(F)F)nc(N3CCC(F)(F)C3)c2N)o1. The maximum absolute atomic E-state index is 13.6. The summed E-state index contributed by atoms with van der Waals surface area (Å²) >= 11 is 0. The first-order valence-corrected chi connectivity index (χ1v) is 8.51. The van der Waals surface area contributed by atoms with Gasteiger partial charge in [0.25, 0.3) is 5.92 Å². The van der Waals surface area contributed by atoms with E-state index >= 15 is 0 Å². The molecule has 0 saturated carbocycles. The lowest BCUT2D eigenvalue weighted by atomic mass is 10.3. The van der Waals surface area contributed by atoms with Crippen LogP contribution in [0.25, 0.3) is 0 Å². The second-order valence-electron chi connectivity index (χ2n) is 6.49. The molecule has 2 aromatic heterocycles. The standard InChI is InChI=1S/C15H18F5N7O2/c1-7(15(18,19)20)28-13-23-11(22-5-9-26-25-8(2)29-9)10(21)12(24-13)27-4-3-14(16,17)6-27/h7H,3-6,21H2,1-2H3,(H,22,23,24)/t7-/m0/s1. The molecule has 1 aliphatic rings. The van der Waals surface area contributed by atoms with Gasteiger partial charge in [-0.3, -0.25) is 0 Å². The number of nitrogens with zero attached hydrogens (tertiary/aromatic N) is 5. The normalized spacial score (nSPS) is 17.4. The molecule has 3 heterocycles. The molecule has 9 nitrogen and oxygen atoms in total. The third kappa shape index (κ3) is 4.92. The van der Waals surface area contributed by atoms with Crippen LogP contribution in [0.4, 0.5) is 39.3 Å². The number of rotatable bonds is 6. The average molecular weight is 423 g/mol. The number of nitrogens with two attached hydrogens (primary N) is 1. The third-order valence-corrected chi connectivity index (χ3v) is 4.09. The summed E-state index contributed by atoms with van der Waals surface area (Å²) in [6.07, 6.45) is -7.32. The van der Waals surface area contributed by atoms with E-state index in [1.165, 1.54) is 4.90 Å². The first-order valence-electron chi connectivity index (χ1n) is 8.51. The molecule has 1 fully saturated rings. The van der Waals surface area contributed by atoms with Crippen molar-refractivity contribution in [3.05, 3.63) is 11.8 Å². The number of alkyl halides is 5. The number of nitrogen functional groups attached to an aromatic ring is 1. The largest absolute Gasteiger partial charge is 0.451 e. The van der Waals surface area contributed by atoms with E-state index < -0.39 is 37.2 Å². The van der Waals surface area contributed by atoms with Crippen LogP contribution in [0, 0.1) is 6.92 Å². The fraction of sp³-hybridized carbons (Fsp3) is 0.600. The van der Waals surface area contributed by atoms with E-state index in [0.29, 0.717) is 5.89 Å². The first-order chi connectivity index (χ1) is 13.4. The molecule has 0 spiro atoms. The first kappa shape index (κ1) is 20.8. The fourth-order valence-electron chi connectivity index (χ4n) is 2.58. The third-order valence-electron chi connectivity index (χ3n) is 4.09. The van der Waals surface area contributed by atoms with Crippen molar-refractivity contribution in [1.82, 2.24) is 20.2 Å².